The van der Waals surface area contributed by atoms with Crippen molar-refractivity contribution in [2.24, 2.45) is 35.0 Å². The van der Waals surface area contributed by atoms with Gasteiger partial charge in [0.05, 0.1) is 6.61 Å². The van der Waals surface area contributed by atoms with E-state index in [9.17, 15) is 4.39 Å². The Bertz CT molecular complexity index is 502. The van der Waals surface area contributed by atoms with Gasteiger partial charge in [0.25, 0.3) is 0 Å². The molecule has 0 radical (unpaired) electrons. The molecule has 3 rings (SSSR count). The molecule has 0 aliphatic heterocycles. The predicted octanol–water partition coefficient (Wildman–Crippen LogP) is 4.77. The van der Waals surface area contributed by atoms with Crippen molar-refractivity contribution in [1.82, 2.24) is 0 Å². The molecule has 0 aromatic rings. The van der Waals surface area contributed by atoms with Crippen LogP contribution in [0.2, 0.25) is 0 Å². The van der Waals surface area contributed by atoms with Crippen molar-refractivity contribution in [1.29, 1.82) is 5.41 Å². The van der Waals surface area contributed by atoms with E-state index in [1.54, 1.807) is 0 Å². The third kappa shape index (κ3) is 2.90. The number of hydrogen-bond donors (Lipinski definition) is 2. The molecule has 0 heterocycles. The first kappa shape index (κ1) is 17.1. The normalized spacial score (nSPS) is 45.0. The predicted molar refractivity (Wildman–Crippen MR) is 92.4 cm³/mol. The van der Waals surface area contributed by atoms with Crippen molar-refractivity contribution in [3.05, 3.63) is 11.6 Å². The van der Waals surface area contributed by atoms with E-state index in [1.165, 1.54) is 18.4 Å². The third-order valence-electron chi connectivity index (χ3n) is 7.33. The van der Waals surface area contributed by atoms with Gasteiger partial charge in [0.1, 0.15) is 6.17 Å². The lowest BCUT2D eigenvalue weighted by atomic mass is 9.47. The lowest BCUT2D eigenvalue weighted by molar-refractivity contribution is -0.0308. The van der Waals surface area contributed by atoms with Gasteiger partial charge in [0, 0.05) is 5.71 Å². The first-order chi connectivity index (χ1) is 10.9. The molecule has 2 N–H and O–H groups in total. The SMILES string of the molecule is CC1CC2C(CC(F)CO)[C@H](C)CCC2[C@@]2(C)CCC(=N)C=C12. The lowest BCUT2D eigenvalue weighted by Crippen LogP contribution is -2.50. The van der Waals surface area contributed by atoms with Gasteiger partial charge in [-0.3, -0.25) is 0 Å². The molecule has 3 aliphatic carbocycles. The van der Waals surface area contributed by atoms with Crippen LogP contribution in [0, 0.1) is 40.4 Å². The fourth-order valence-corrected chi connectivity index (χ4v) is 6.10. The Morgan fingerprint density at radius 1 is 1.39 bits per heavy atom. The average Bonchev–Trinajstić information content (AvgIpc) is 2.52. The Morgan fingerprint density at radius 3 is 2.83 bits per heavy atom. The second kappa shape index (κ2) is 6.31. The molecular formula is C20H32FNO. The quantitative estimate of drug-likeness (QED) is 0.772. The number of allylic oxidation sites excluding steroid dienone is 2. The van der Waals surface area contributed by atoms with E-state index >= 15 is 0 Å². The average molecular weight is 321 g/mol. The molecule has 0 bridgehead atoms. The molecule has 2 nitrogen and oxygen atoms in total. The highest BCUT2D eigenvalue weighted by Gasteiger charge is 2.53. The highest BCUT2D eigenvalue weighted by atomic mass is 19.1. The van der Waals surface area contributed by atoms with E-state index in [-0.39, 0.29) is 12.0 Å². The molecule has 0 spiro atoms. The standard InChI is InChI=1S/C20H32FNO/c1-12-4-5-18-17(16(12)9-14(21)11-23)8-13(2)19-10-15(22)6-7-20(18,19)3/h10,12-14,16-18,22-23H,4-9,11H2,1-3H3/t12-,13?,14?,16?,17?,18?,20-/m1/s1. The summed E-state index contributed by atoms with van der Waals surface area (Å²) < 4.78 is 13.9. The van der Waals surface area contributed by atoms with E-state index < -0.39 is 6.17 Å². The minimum absolute atomic E-state index is 0.205. The molecule has 130 valence electrons. The molecule has 23 heavy (non-hydrogen) atoms. The van der Waals surface area contributed by atoms with Crippen molar-refractivity contribution >= 4 is 5.71 Å². The molecular weight excluding hydrogens is 289 g/mol. The van der Waals surface area contributed by atoms with Crippen LogP contribution in [0.1, 0.15) is 59.3 Å². The van der Waals surface area contributed by atoms with Crippen LogP contribution in [0.25, 0.3) is 0 Å². The Labute approximate surface area is 140 Å². The summed E-state index contributed by atoms with van der Waals surface area (Å²) in [6, 6.07) is 0. The molecule has 0 saturated heterocycles. The minimum Gasteiger partial charge on any atom is -0.393 e. The highest BCUT2D eigenvalue weighted by Crippen LogP contribution is 2.61. The summed E-state index contributed by atoms with van der Waals surface area (Å²) in [7, 11) is 0. The van der Waals surface area contributed by atoms with E-state index in [1.807, 2.05) is 0 Å². The van der Waals surface area contributed by atoms with Crippen LogP contribution in [-0.4, -0.2) is 23.6 Å². The lowest BCUT2D eigenvalue weighted by Gasteiger charge is -2.57. The smallest absolute Gasteiger partial charge is 0.123 e. The Kier molecular flexibility index (Phi) is 4.70. The number of halogens is 1. The number of hydrogen-bond acceptors (Lipinski definition) is 2. The van der Waals surface area contributed by atoms with Gasteiger partial charge in [-0.2, -0.15) is 0 Å². The van der Waals surface area contributed by atoms with Gasteiger partial charge in [-0.25, -0.2) is 4.39 Å². The van der Waals surface area contributed by atoms with Crippen LogP contribution in [0.15, 0.2) is 11.6 Å². The van der Waals surface area contributed by atoms with Crippen molar-refractivity contribution in [3.8, 4) is 0 Å². The van der Waals surface area contributed by atoms with E-state index in [2.05, 4.69) is 26.8 Å². The minimum atomic E-state index is -1.07. The topological polar surface area (TPSA) is 44.1 Å². The maximum absolute atomic E-state index is 13.9. The molecule has 5 unspecified atom stereocenters. The Morgan fingerprint density at radius 2 is 2.13 bits per heavy atom. The van der Waals surface area contributed by atoms with E-state index in [4.69, 9.17) is 10.5 Å². The van der Waals surface area contributed by atoms with Gasteiger partial charge < -0.3 is 10.5 Å². The zero-order valence-corrected chi connectivity index (χ0v) is 14.8. The van der Waals surface area contributed by atoms with Gasteiger partial charge in [0.2, 0.25) is 0 Å². The summed E-state index contributed by atoms with van der Waals surface area (Å²) in [4.78, 5) is 0. The largest absolute Gasteiger partial charge is 0.393 e. The van der Waals surface area contributed by atoms with Gasteiger partial charge in [0.15, 0.2) is 0 Å². The summed E-state index contributed by atoms with van der Waals surface area (Å²) in [5.74, 6) is 2.67. The zero-order valence-electron chi connectivity index (χ0n) is 14.8. The molecule has 2 saturated carbocycles. The summed E-state index contributed by atoms with van der Waals surface area (Å²) in [5.41, 5.74) is 2.48. The maximum Gasteiger partial charge on any atom is 0.123 e. The van der Waals surface area contributed by atoms with E-state index in [0.717, 1.165) is 25.0 Å². The molecule has 3 aliphatic rings. The first-order valence-electron chi connectivity index (χ1n) is 9.41. The second-order valence-electron chi connectivity index (χ2n) is 8.68. The van der Waals surface area contributed by atoms with Crippen molar-refractivity contribution in [3.63, 3.8) is 0 Å². The van der Waals surface area contributed by atoms with Crippen molar-refractivity contribution < 1.29 is 9.50 Å². The number of aliphatic hydroxyl groups is 1. The van der Waals surface area contributed by atoms with Crippen LogP contribution < -0.4 is 0 Å². The van der Waals surface area contributed by atoms with Crippen LogP contribution in [0.5, 0.6) is 0 Å². The van der Waals surface area contributed by atoms with Crippen molar-refractivity contribution in [2.45, 2.75) is 65.5 Å². The summed E-state index contributed by atoms with van der Waals surface area (Å²) in [6.45, 7) is 6.65. The number of rotatable bonds is 3. The molecule has 0 amide bonds. The highest BCUT2D eigenvalue weighted by molar-refractivity contribution is 5.94. The van der Waals surface area contributed by atoms with Gasteiger partial charge in [-0.05, 0) is 73.2 Å². The van der Waals surface area contributed by atoms with Crippen LogP contribution >= 0.6 is 0 Å². The fraction of sp³-hybridized carbons (Fsp3) is 0.850. The fourth-order valence-electron chi connectivity index (χ4n) is 6.10. The molecule has 0 aromatic heterocycles. The van der Waals surface area contributed by atoms with Crippen LogP contribution in [-0.2, 0) is 0 Å². The molecule has 0 aromatic carbocycles. The molecule has 7 atom stereocenters. The van der Waals surface area contributed by atoms with Gasteiger partial charge >= 0.3 is 0 Å². The van der Waals surface area contributed by atoms with E-state index in [0.29, 0.717) is 36.0 Å². The summed E-state index contributed by atoms with van der Waals surface area (Å²) >= 11 is 0. The molecule has 2 fully saturated rings. The number of aliphatic hydroxyl groups excluding tert-OH is 1. The van der Waals surface area contributed by atoms with Crippen LogP contribution in [0.4, 0.5) is 4.39 Å². The number of fused-ring (bicyclic) bond motifs is 3. The Balaban J connectivity index is 1.91. The maximum atomic E-state index is 13.9. The second-order valence-corrected chi connectivity index (χ2v) is 8.68. The van der Waals surface area contributed by atoms with Gasteiger partial charge in [-0.15, -0.1) is 0 Å². The molecule has 3 heteroatoms. The third-order valence-corrected chi connectivity index (χ3v) is 7.33. The summed E-state index contributed by atoms with van der Waals surface area (Å²) in [5, 5.41) is 17.2. The van der Waals surface area contributed by atoms with Crippen molar-refractivity contribution in [2.75, 3.05) is 6.61 Å². The zero-order chi connectivity index (χ0) is 16.8. The van der Waals surface area contributed by atoms with Gasteiger partial charge in [-0.1, -0.05) is 32.8 Å². The number of alkyl halides is 1. The Hall–Kier alpha value is -0.700. The first-order valence-corrected chi connectivity index (χ1v) is 9.41. The number of nitrogens with one attached hydrogen (secondary N) is 1. The van der Waals surface area contributed by atoms with Crippen LogP contribution in [0.3, 0.4) is 0 Å². The monoisotopic (exact) mass is 321 g/mol. The summed E-state index contributed by atoms with van der Waals surface area (Å²) in [6.07, 6.45) is 7.14.